The molecule has 3 rings (SSSR count). The molecule has 3 aromatic rings. The predicted octanol–water partition coefficient (Wildman–Crippen LogP) is 3.03. The summed E-state index contributed by atoms with van der Waals surface area (Å²) in [4.78, 5) is 13.0. The average molecular weight is 328 g/mol. The van der Waals surface area contributed by atoms with E-state index < -0.39 is 5.97 Å². The van der Waals surface area contributed by atoms with E-state index in [9.17, 15) is 4.79 Å². The Morgan fingerprint density at radius 3 is 2.74 bits per heavy atom. The molecule has 1 unspecified atom stereocenters. The van der Waals surface area contributed by atoms with E-state index in [0.29, 0.717) is 11.7 Å². The first-order chi connectivity index (χ1) is 11.2. The van der Waals surface area contributed by atoms with E-state index in [0.717, 1.165) is 11.3 Å². The molecule has 0 radical (unpaired) electrons. The molecule has 0 saturated heterocycles. The topological polar surface area (TPSA) is 80.9 Å². The van der Waals surface area contributed by atoms with Crippen LogP contribution in [0.4, 0.5) is 0 Å². The Morgan fingerprint density at radius 1 is 1.26 bits per heavy atom. The van der Waals surface area contributed by atoms with Crippen LogP contribution in [0.3, 0.4) is 0 Å². The third-order valence-corrected chi connectivity index (χ3v) is 4.81. The second kappa shape index (κ2) is 6.70. The quantitative estimate of drug-likeness (QED) is 0.752. The molecule has 2 aromatic heterocycles. The van der Waals surface area contributed by atoms with E-state index in [4.69, 9.17) is 5.11 Å². The van der Waals surface area contributed by atoms with Gasteiger partial charge in [-0.15, -0.1) is 16.4 Å². The summed E-state index contributed by atoms with van der Waals surface area (Å²) in [5.41, 5.74) is 1.27. The SMILES string of the molecule is CCC(c1ccccc1)c1ccc(-c2nnnn2CC(=O)O)s1. The summed E-state index contributed by atoms with van der Waals surface area (Å²) in [6.07, 6.45) is 0.990. The van der Waals surface area contributed by atoms with Crippen molar-refractivity contribution in [1.82, 2.24) is 20.2 Å². The summed E-state index contributed by atoms with van der Waals surface area (Å²) in [5.74, 6) is -0.156. The molecule has 0 fully saturated rings. The zero-order valence-electron chi connectivity index (χ0n) is 12.6. The van der Waals surface area contributed by atoms with Crippen molar-refractivity contribution in [3.63, 3.8) is 0 Å². The highest BCUT2D eigenvalue weighted by Crippen LogP contribution is 2.36. The van der Waals surface area contributed by atoms with Crippen LogP contribution in [0.2, 0.25) is 0 Å². The lowest BCUT2D eigenvalue weighted by atomic mass is 9.95. The van der Waals surface area contributed by atoms with Gasteiger partial charge >= 0.3 is 5.97 Å². The molecule has 6 nitrogen and oxygen atoms in total. The van der Waals surface area contributed by atoms with Gasteiger partial charge in [0.1, 0.15) is 6.54 Å². The first kappa shape index (κ1) is 15.4. The Morgan fingerprint density at radius 2 is 2.04 bits per heavy atom. The fourth-order valence-electron chi connectivity index (χ4n) is 2.56. The van der Waals surface area contributed by atoms with Gasteiger partial charge < -0.3 is 5.11 Å². The number of nitrogens with zero attached hydrogens (tertiary/aromatic N) is 4. The van der Waals surface area contributed by atoms with Crippen LogP contribution in [0.25, 0.3) is 10.7 Å². The minimum absolute atomic E-state index is 0.245. The van der Waals surface area contributed by atoms with E-state index in [2.05, 4.69) is 40.6 Å². The monoisotopic (exact) mass is 328 g/mol. The molecule has 7 heteroatoms. The first-order valence-corrected chi connectivity index (χ1v) is 8.13. The first-order valence-electron chi connectivity index (χ1n) is 7.32. The largest absolute Gasteiger partial charge is 0.480 e. The summed E-state index contributed by atoms with van der Waals surface area (Å²) in [6, 6.07) is 14.4. The molecular formula is C16H16N4O2S. The number of thiophene rings is 1. The summed E-state index contributed by atoms with van der Waals surface area (Å²) >= 11 is 1.60. The molecule has 0 saturated carbocycles. The maximum absolute atomic E-state index is 10.9. The number of hydrogen-bond donors (Lipinski definition) is 1. The summed E-state index contributed by atoms with van der Waals surface area (Å²) in [5, 5.41) is 20.2. The van der Waals surface area contributed by atoms with E-state index >= 15 is 0 Å². The molecule has 118 valence electrons. The Kier molecular flexibility index (Phi) is 4.47. The fraction of sp³-hybridized carbons (Fsp3) is 0.250. The van der Waals surface area contributed by atoms with Gasteiger partial charge in [0.2, 0.25) is 0 Å². The predicted molar refractivity (Wildman–Crippen MR) is 87.3 cm³/mol. The number of benzene rings is 1. The second-order valence-corrected chi connectivity index (χ2v) is 6.24. The van der Waals surface area contributed by atoms with Crippen LogP contribution in [0.5, 0.6) is 0 Å². The van der Waals surface area contributed by atoms with Gasteiger partial charge in [-0.1, -0.05) is 37.3 Å². The third kappa shape index (κ3) is 3.29. The third-order valence-electron chi connectivity index (χ3n) is 3.62. The summed E-state index contributed by atoms with van der Waals surface area (Å²) < 4.78 is 1.31. The van der Waals surface area contributed by atoms with Gasteiger partial charge in [-0.2, -0.15) is 0 Å². The summed E-state index contributed by atoms with van der Waals surface area (Å²) in [7, 11) is 0. The van der Waals surface area contributed by atoms with Crippen LogP contribution in [-0.2, 0) is 11.3 Å². The van der Waals surface area contributed by atoms with Crippen molar-refractivity contribution in [2.75, 3.05) is 0 Å². The highest BCUT2D eigenvalue weighted by Gasteiger charge is 2.18. The molecule has 0 aliphatic carbocycles. The number of carboxylic acid groups (broad SMARTS) is 1. The molecule has 0 bridgehead atoms. The molecule has 1 aromatic carbocycles. The van der Waals surface area contributed by atoms with E-state index in [-0.39, 0.29) is 6.54 Å². The van der Waals surface area contributed by atoms with E-state index in [1.54, 1.807) is 11.3 Å². The fourth-order valence-corrected chi connectivity index (χ4v) is 3.77. The Labute approximate surface area is 137 Å². The van der Waals surface area contributed by atoms with Crippen molar-refractivity contribution in [1.29, 1.82) is 0 Å². The minimum atomic E-state index is -0.967. The van der Waals surface area contributed by atoms with Gasteiger partial charge in [0.15, 0.2) is 5.82 Å². The average Bonchev–Trinajstić information content (AvgIpc) is 3.18. The Balaban J connectivity index is 1.91. The lowest BCUT2D eigenvalue weighted by Gasteiger charge is -2.13. The van der Waals surface area contributed by atoms with Gasteiger partial charge in [0.25, 0.3) is 0 Å². The van der Waals surface area contributed by atoms with Gasteiger partial charge in [-0.05, 0) is 34.5 Å². The zero-order valence-corrected chi connectivity index (χ0v) is 13.4. The molecule has 0 spiro atoms. The summed E-state index contributed by atoms with van der Waals surface area (Å²) in [6.45, 7) is 1.91. The standard InChI is InChI=1S/C16H16N4O2S/c1-2-12(11-6-4-3-5-7-11)13-8-9-14(23-13)16-17-18-19-20(16)10-15(21)22/h3-9,12H,2,10H2,1H3,(H,21,22). The lowest BCUT2D eigenvalue weighted by Crippen LogP contribution is -2.11. The minimum Gasteiger partial charge on any atom is -0.480 e. The van der Waals surface area contributed by atoms with Crippen molar-refractivity contribution in [3.05, 3.63) is 52.9 Å². The number of hydrogen-bond acceptors (Lipinski definition) is 5. The Hall–Kier alpha value is -2.54. The lowest BCUT2D eigenvalue weighted by molar-refractivity contribution is -0.137. The maximum Gasteiger partial charge on any atom is 0.325 e. The zero-order chi connectivity index (χ0) is 16.2. The number of carboxylic acids is 1. The maximum atomic E-state index is 10.9. The smallest absolute Gasteiger partial charge is 0.325 e. The van der Waals surface area contributed by atoms with Crippen molar-refractivity contribution < 1.29 is 9.90 Å². The van der Waals surface area contributed by atoms with Gasteiger partial charge in [0.05, 0.1) is 4.88 Å². The molecule has 1 atom stereocenters. The highest BCUT2D eigenvalue weighted by molar-refractivity contribution is 7.15. The van der Waals surface area contributed by atoms with Crippen molar-refractivity contribution in [3.8, 4) is 10.7 Å². The van der Waals surface area contributed by atoms with E-state index in [1.807, 2.05) is 24.3 Å². The molecule has 23 heavy (non-hydrogen) atoms. The molecular weight excluding hydrogens is 312 g/mol. The number of aromatic nitrogens is 4. The van der Waals surface area contributed by atoms with Crippen LogP contribution in [0.1, 0.15) is 29.7 Å². The number of tetrazole rings is 1. The van der Waals surface area contributed by atoms with Crippen LogP contribution >= 0.6 is 11.3 Å². The van der Waals surface area contributed by atoms with Crippen LogP contribution in [0, 0.1) is 0 Å². The number of rotatable bonds is 6. The number of carbonyl (C=O) groups is 1. The van der Waals surface area contributed by atoms with Crippen molar-refractivity contribution >= 4 is 17.3 Å². The van der Waals surface area contributed by atoms with Crippen molar-refractivity contribution in [2.24, 2.45) is 0 Å². The van der Waals surface area contributed by atoms with E-state index in [1.165, 1.54) is 15.1 Å². The van der Waals surface area contributed by atoms with Crippen LogP contribution in [-0.4, -0.2) is 31.3 Å². The molecule has 0 aliphatic rings. The second-order valence-electron chi connectivity index (χ2n) is 5.13. The number of aliphatic carboxylic acids is 1. The normalized spacial score (nSPS) is 12.2. The Bertz CT molecular complexity index is 797. The molecule has 2 heterocycles. The van der Waals surface area contributed by atoms with Gasteiger partial charge in [-0.3, -0.25) is 4.79 Å². The van der Waals surface area contributed by atoms with Crippen molar-refractivity contribution in [2.45, 2.75) is 25.8 Å². The van der Waals surface area contributed by atoms with Crippen LogP contribution < -0.4 is 0 Å². The van der Waals surface area contributed by atoms with Gasteiger partial charge in [-0.25, -0.2) is 4.68 Å². The van der Waals surface area contributed by atoms with Gasteiger partial charge in [0, 0.05) is 10.8 Å². The van der Waals surface area contributed by atoms with Crippen LogP contribution in [0.15, 0.2) is 42.5 Å². The molecule has 0 amide bonds. The molecule has 0 aliphatic heterocycles. The highest BCUT2D eigenvalue weighted by atomic mass is 32.1. The molecule has 1 N–H and O–H groups in total.